The number of hydrogen-bond donors (Lipinski definition) is 1. The van der Waals surface area contributed by atoms with Gasteiger partial charge in [-0.25, -0.2) is 0 Å². The van der Waals surface area contributed by atoms with Crippen molar-refractivity contribution in [3.8, 4) is 11.5 Å². The number of amides is 1. The van der Waals surface area contributed by atoms with Crippen LogP contribution in [0.5, 0.6) is 0 Å². The van der Waals surface area contributed by atoms with Crippen LogP contribution in [0, 0.1) is 5.92 Å². The van der Waals surface area contributed by atoms with Gasteiger partial charge in [0.25, 0.3) is 0 Å². The second-order valence-electron chi connectivity index (χ2n) is 4.36. The van der Waals surface area contributed by atoms with Gasteiger partial charge in [-0.05, 0) is 25.0 Å². The fraction of sp³-hybridized carbons (Fsp3) is 0.308. The van der Waals surface area contributed by atoms with E-state index in [0.717, 1.165) is 18.4 Å². The number of nitrogens with one attached hydrogen (secondary N) is 1. The van der Waals surface area contributed by atoms with Gasteiger partial charge in [0.1, 0.15) is 0 Å². The van der Waals surface area contributed by atoms with Crippen molar-refractivity contribution in [2.24, 2.45) is 5.92 Å². The molecule has 5 nitrogen and oxygen atoms in total. The Morgan fingerprint density at radius 1 is 1.28 bits per heavy atom. The zero-order chi connectivity index (χ0) is 12.4. The molecule has 1 fully saturated rings. The van der Waals surface area contributed by atoms with E-state index in [0.29, 0.717) is 18.3 Å². The van der Waals surface area contributed by atoms with E-state index in [1.165, 1.54) is 0 Å². The predicted molar refractivity (Wildman–Crippen MR) is 64.3 cm³/mol. The van der Waals surface area contributed by atoms with Crippen LogP contribution in [-0.2, 0) is 11.3 Å². The number of nitrogens with zero attached hydrogens (tertiary/aromatic N) is 2. The van der Waals surface area contributed by atoms with Gasteiger partial charge >= 0.3 is 0 Å². The minimum absolute atomic E-state index is 0.0782. The summed E-state index contributed by atoms with van der Waals surface area (Å²) in [5, 5.41) is 10.7. The molecule has 1 aromatic carbocycles. The lowest BCUT2D eigenvalue weighted by Crippen LogP contribution is -2.24. The summed E-state index contributed by atoms with van der Waals surface area (Å²) < 4.78 is 5.48. The van der Waals surface area contributed by atoms with Crippen molar-refractivity contribution in [2.75, 3.05) is 0 Å². The Hall–Kier alpha value is -2.17. The molecule has 18 heavy (non-hydrogen) atoms. The van der Waals surface area contributed by atoms with Crippen molar-refractivity contribution in [1.29, 1.82) is 0 Å². The monoisotopic (exact) mass is 243 g/mol. The highest BCUT2D eigenvalue weighted by Gasteiger charge is 2.29. The van der Waals surface area contributed by atoms with Gasteiger partial charge in [-0.2, -0.15) is 0 Å². The molecule has 1 N–H and O–H groups in total. The second kappa shape index (κ2) is 4.60. The Kier molecular flexibility index (Phi) is 2.80. The third kappa shape index (κ3) is 2.40. The molecule has 92 valence electrons. The van der Waals surface area contributed by atoms with Crippen LogP contribution in [0.25, 0.3) is 11.5 Å². The van der Waals surface area contributed by atoms with Crippen molar-refractivity contribution < 1.29 is 9.21 Å². The van der Waals surface area contributed by atoms with E-state index in [1.807, 2.05) is 30.3 Å². The molecular weight excluding hydrogens is 230 g/mol. The van der Waals surface area contributed by atoms with Gasteiger partial charge in [0.2, 0.25) is 17.7 Å². The SMILES string of the molecule is O=C(NCc1nnc(-c2ccccc2)o1)C1CC1. The number of carbonyl (C=O) groups excluding carboxylic acids is 1. The maximum Gasteiger partial charge on any atom is 0.247 e. The van der Waals surface area contributed by atoms with E-state index >= 15 is 0 Å². The Morgan fingerprint density at radius 2 is 2.06 bits per heavy atom. The van der Waals surface area contributed by atoms with Crippen molar-refractivity contribution in [1.82, 2.24) is 15.5 Å². The van der Waals surface area contributed by atoms with Gasteiger partial charge in [-0.1, -0.05) is 18.2 Å². The van der Waals surface area contributed by atoms with E-state index in [2.05, 4.69) is 15.5 Å². The fourth-order valence-electron chi connectivity index (χ4n) is 1.68. The molecular formula is C13H13N3O2. The first-order chi connectivity index (χ1) is 8.83. The molecule has 5 heteroatoms. The molecule has 1 aromatic heterocycles. The predicted octanol–water partition coefficient (Wildman–Crippen LogP) is 1.76. The van der Waals surface area contributed by atoms with Crippen LogP contribution in [0.3, 0.4) is 0 Å². The second-order valence-corrected chi connectivity index (χ2v) is 4.36. The number of rotatable bonds is 4. The standard InChI is InChI=1S/C13H13N3O2/c17-12(9-6-7-9)14-8-11-15-16-13(18-11)10-4-2-1-3-5-10/h1-5,9H,6-8H2,(H,14,17). The molecule has 3 rings (SSSR count). The highest BCUT2D eigenvalue weighted by Crippen LogP contribution is 2.28. The molecule has 2 aromatic rings. The molecule has 1 saturated carbocycles. The van der Waals surface area contributed by atoms with Gasteiger partial charge in [0, 0.05) is 11.5 Å². The molecule has 0 unspecified atom stereocenters. The average molecular weight is 243 g/mol. The summed E-state index contributed by atoms with van der Waals surface area (Å²) >= 11 is 0. The van der Waals surface area contributed by atoms with Gasteiger partial charge in [-0.3, -0.25) is 4.79 Å². The van der Waals surface area contributed by atoms with Crippen LogP contribution in [-0.4, -0.2) is 16.1 Å². The maximum absolute atomic E-state index is 11.5. The Labute approximate surface area is 104 Å². The third-order valence-corrected chi connectivity index (χ3v) is 2.85. The molecule has 1 aliphatic rings. The summed E-state index contributed by atoms with van der Waals surface area (Å²) in [4.78, 5) is 11.5. The normalized spacial score (nSPS) is 14.4. The minimum Gasteiger partial charge on any atom is -0.419 e. The Morgan fingerprint density at radius 3 is 2.78 bits per heavy atom. The minimum atomic E-state index is 0.0782. The third-order valence-electron chi connectivity index (χ3n) is 2.85. The highest BCUT2D eigenvalue weighted by atomic mass is 16.4. The van der Waals surface area contributed by atoms with E-state index in [1.54, 1.807) is 0 Å². The van der Waals surface area contributed by atoms with Crippen LogP contribution in [0.1, 0.15) is 18.7 Å². The first kappa shape index (κ1) is 11.0. The molecule has 0 atom stereocenters. The molecule has 1 aliphatic carbocycles. The van der Waals surface area contributed by atoms with Crippen LogP contribution in [0.15, 0.2) is 34.7 Å². The largest absolute Gasteiger partial charge is 0.419 e. The van der Waals surface area contributed by atoms with E-state index in [-0.39, 0.29) is 11.8 Å². The summed E-state index contributed by atoms with van der Waals surface area (Å²) in [5.74, 6) is 1.19. The summed E-state index contributed by atoms with van der Waals surface area (Å²) in [5.41, 5.74) is 0.879. The van der Waals surface area contributed by atoms with E-state index < -0.39 is 0 Å². The number of aromatic nitrogens is 2. The van der Waals surface area contributed by atoms with E-state index in [9.17, 15) is 4.79 Å². The van der Waals surface area contributed by atoms with Crippen LogP contribution in [0.2, 0.25) is 0 Å². The lowest BCUT2D eigenvalue weighted by molar-refractivity contribution is -0.122. The van der Waals surface area contributed by atoms with Crippen molar-refractivity contribution in [3.63, 3.8) is 0 Å². The molecule has 0 bridgehead atoms. The zero-order valence-electron chi connectivity index (χ0n) is 9.80. The number of carbonyl (C=O) groups is 1. The molecule has 1 heterocycles. The average Bonchev–Trinajstić information content (AvgIpc) is 3.16. The van der Waals surface area contributed by atoms with Gasteiger partial charge in [-0.15, -0.1) is 10.2 Å². The van der Waals surface area contributed by atoms with Gasteiger partial charge < -0.3 is 9.73 Å². The topological polar surface area (TPSA) is 68.0 Å². The van der Waals surface area contributed by atoms with Crippen molar-refractivity contribution in [2.45, 2.75) is 19.4 Å². The van der Waals surface area contributed by atoms with Crippen molar-refractivity contribution in [3.05, 3.63) is 36.2 Å². The van der Waals surface area contributed by atoms with E-state index in [4.69, 9.17) is 4.42 Å². The molecule has 0 saturated heterocycles. The number of benzene rings is 1. The summed E-state index contributed by atoms with van der Waals surface area (Å²) in [6.45, 7) is 0.301. The lowest BCUT2D eigenvalue weighted by Gasteiger charge is -1.99. The molecule has 0 spiro atoms. The molecule has 0 radical (unpaired) electrons. The first-order valence-electron chi connectivity index (χ1n) is 5.98. The Balaban J connectivity index is 1.64. The molecule has 0 aliphatic heterocycles. The maximum atomic E-state index is 11.5. The first-order valence-corrected chi connectivity index (χ1v) is 5.98. The molecule has 1 amide bonds. The Bertz CT molecular complexity index is 546. The van der Waals surface area contributed by atoms with Crippen LogP contribution in [0.4, 0.5) is 0 Å². The summed E-state index contributed by atoms with van der Waals surface area (Å²) in [7, 11) is 0. The highest BCUT2D eigenvalue weighted by molar-refractivity contribution is 5.80. The quantitative estimate of drug-likeness (QED) is 0.888. The summed E-state index contributed by atoms with van der Waals surface area (Å²) in [6.07, 6.45) is 1.98. The lowest BCUT2D eigenvalue weighted by atomic mass is 10.2. The van der Waals surface area contributed by atoms with Gasteiger partial charge in [0.15, 0.2) is 0 Å². The fourth-order valence-corrected chi connectivity index (χ4v) is 1.68. The van der Waals surface area contributed by atoms with Gasteiger partial charge in [0.05, 0.1) is 6.54 Å². The van der Waals surface area contributed by atoms with Crippen LogP contribution >= 0.6 is 0 Å². The summed E-state index contributed by atoms with van der Waals surface area (Å²) in [6, 6.07) is 9.55. The van der Waals surface area contributed by atoms with Crippen molar-refractivity contribution >= 4 is 5.91 Å². The van der Waals surface area contributed by atoms with Crippen LogP contribution < -0.4 is 5.32 Å². The smallest absolute Gasteiger partial charge is 0.247 e. The zero-order valence-corrected chi connectivity index (χ0v) is 9.80. The number of hydrogen-bond acceptors (Lipinski definition) is 4.